The van der Waals surface area contributed by atoms with E-state index in [9.17, 15) is 18.0 Å². The highest BCUT2D eigenvalue weighted by Crippen LogP contribution is 2.28. The van der Waals surface area contributed by atoms with E-state index < -0.39 is 24.9 Å². The number of halogens is 3. The van der Waals surface area contributed by atoms with E-state index in [0.717, 1.165) is 4.90 Å². The van der Waals surface area contributed by atoms with Gasteiger partial charge < -0.3 is 15.1 Å². The topological polar surface area (TPSA) is 64.0 Å². The number of alkyl halides is 3. The fourth-order valence-electron chi connectivity index (χ4n) is 1.85. The van der Waals surface area contributed by atoms with Crippen LogP contribution < -0.4 is 0 Å². The first-order valence-corrected chi connectivity index (χ1v) is 5.25. The number of amides is 1. The molecule has 1 heterocycles. The molecule has 0 aromatic carbocycles. The maximum absolute atomic E-state index is 12.7. The number of hydrogen-bond donors (Lipinski definition) is 2. The van der Waals surface area contributed by atoms with Crippen LogP contribution in [0.2, 0.25) is 0 Å². The van der Waals surface area contributed by atoms with Crippen molar-refractivity contribution >= 4 is 6.09 Å². The summed E-state index contributed by atoms with van der Waals surface area (Å²) in [6.07, 6.45) is -5.54. The number of piperazine rings is 1. The number of aliphatic hydroxyl groups excluding tert-OH is 1. The number of carbonyl (C=O) groups is 1. The first-order valence-electron chi connectivity index (χ1n) is 5.25. The van der Waals surface area contributed by atoms with E-state index in [0.29, 0.717) is 0 Å². The average Bonchev–Trinajstić information content (AvgIpc) is 2.24. The molecule has 0 saturated carbocycles. The van der Waals surface area contributed by atoms with Gasteiger partial charge in [0.2, 0.25) is 0 Å². The lowest BCUT2D eigenvalue weighted by molar-refractivity contribution is -0.195. The summed E-state index contributed by atoms with van der Waals surface area (Å²) in [5.41, 5.74) is 0. The number of nitrogens with zero attached hydrogens (tertiary/aromatic N) is 2. The summed E-state index contributed by atoms with van der Waals surface area (Å²) < 4.78 is 38.2. The van der Waals surface area contributed by atoms with Crippen LogP contribution >= 0.6 is 0 Å². The van der Waals surface area contributed by atoms with Crippen LogP contribution in [-0.4, -0.2) is 71.1 Å². The Morgan fingerprint density at radius 2 is 2.00 bits per heavy atom. The highest BCUT2D eigenvalue weighted by Gasteiger charge is 2.46. The molecule has 1 fully saturated rings. The summed E-state index contributed by atoms with van der Waals surface area (Å²) in [5.74, 6) is 0. The van der Waals surface area contributed by atoms with E-state index >= 15 is 0 Å². The molecule has 0 radical (unpaired) electrons. The zero-order valence-electron chi connectivity index (χ0n) is 9.15. The van der Waals surface area contributed by atoms with Crippen LogP contribution in [0.3, 0.4) is 0 Å². The SMILES string of the molecule is O=C(O)N1CCN(CCCO)[C@@H](C(F)(F)F)C1. The first-order chi connectivity index (χ1) is 7.86. The molecule has 0 aromatic heterocycles. The second kappa shape index (κ2) is 5.54. The Labute approximate surface area is 96.4 Å². The van der Waals surface area contributed by atoms with Crippen molar-refractivity contribution in [2.45, 2.75) is 18.6 Å². The van der Waals surface area contributed by atoms with Gasteiger partial charge in [0.1, 0.15) is 6.04 Å². The van der Waals surface area contributed by atoms with Crippen molar-refractivity contribution in [1.82, 2.24) is 9.80 Å². The molecule has 5 nitrogen and oxygen atoms in total. The fourth-order valence-corrected chi connectivity index (χ4v) is 1.85. The summed E-state index contributed by atoms with van der Waals surface area (Å²) in [6, 6.07) is -1.78. The van der Waals surface area contributed by atoms with Gasteiger partial charge in [-0.05, 0) is 6.42 Å². The van der Waals surface area contributed by atoms with Crippen molar-refractivity contribution in [2.24, 2.45) is 0 Å². The lowest BCUT2D eigenvalue weighted by Gasteiger charge is -2.40. The Hall–Kier alpha value is -1.02. The van der Waals surface area contributed by atoms with Crippen molar-refractivity contribution in [3.8, 4) is 0 Å². The maximum atomic E-state index is 12.7. The van der Waals surface area contributed by atoms with Gasteiger partial charge in [-0.2, -0.15) is 13.2 Å². The molecule has 0 bridgehead atoms. The lowest BCUT2D eigenvalue weighted by Crippen LogP contribution is -2.60. The Kier molecular flexibility index (Phi) is 4.58. The van der Waals surface area contributed by atoms with Crippen molar-refractivity contribution < 1.29 is 28.2 Å². The van der Waals surface area contributed by atoms with E-state index in [4.69, 9.17) is 10.2 Å². The van der Waals surface area contributed by atoms with Crippen molar-refractivity contribution in [2.75, 3.05) is 32.8 Å². The third-order valence-electron chi connectivity index (χ3n) is 2.74. The first kappa shape index (κ1) is 14.0. The highest BCUT2D eigenvalue weighted by atomic mass is 19.4. The van der Waals surface area contributed by atoms with Gasteiger partial charge in [-0.25, -0.2) is 4.79 Å². The zero-order valence-corrected chi connectivity index (χ0v) is 9.15. The van der Waals surface area contributed by atoms with Gasteiger partial charge >= 0.3 is 12.3 Å². The van der Waals surface area contributed by atoms with Crippen LogP contribution in [0.25, 0.3) is 0 Å². The van der Waals surface area contributed by atoms with Crippen molar-refractivity contribution in [3.05, 3.63) is 0 Å². The second-order valence-electron chi connectivity index (χ2n) is 3.90. The van der Waals surface area contributed by atoms with Crippen LogP contribution in [0, 0.1) is 0 Å². The molecular formula is C9H15F3N2O3. The number of aliphatic hydroxyl groups is 1. The van der Waals surface area contributed by atoms with Crippen LogP contribution in [-0.2, 0) is 0 Å². The van der Waals surface area contributed by atoms with E-state index in [-0.39, 0.29) is 32.7 Å². The van der Waals surface area contributed by atoms with Gasteiger partial charge in [0.05, 0.1) is 0 Å². The third kappa shape index (κ3) is 3.74. The molecule has 0 aliphatic carbocycles. The van der Waals surface area contributed by atoms with Crippen molar-refractivity contribution in [3.63, 3.8) is 0 Å². The Morgan fingerprint density at radius 1 is 1.35 bits per heavy atom. The van der Waals surface area contributed by atoms with Gasteiger partial charge in [0, 0.05) is 32.8 Å². The van der Waals surface area contributed by atoms with Gasteiger partial charge in [-0.15, -0.1) is 0 Å². The Balaban J connectivity index is 2.69. The minimum Gasteiger partial charge on any atom is -0.465 e. The van der Waals surface area contributed by atoms with Crippen LogP contribution in [0.5, 0.6) is 0 Å². The van der Waals surface area contributed by atoms with E-state index in [1.54, 1.807) is 0 Å². The number of carboxylic acid groups (broad SMARTS) is 1. The van der Waals surface area contributed by atoms with Crippen LogP contribution in [0.15, 0.2) is 0 Å². The molecule has 0 aromatic rings. The molecule has 0 unspecified atom stereocenters. The van der Waals surface area contributed by atoms with Crippen LogP contribution in [0.4, 0.5) is 18.0 Å². The molecule has 1 saturated heterocycles. The molecule has 1 aliphatic rings. The largest absolute Gasteiger partial charge is 0.465 e. The van der Waals surface area contributed by atoms with E-state index in [1.807, 2.05) is 0 Å². The molecule has 100 valence electrons. The summed E-state index contributed by atoms with van der Waals surface area (Å²) in [7, 11) is 0. The molecule has 1 amide bonds. The van der Waals surface area contributed by atoms with E-state index in [2.05, 4.69) is 0 Å². The average molecular weight is 256 g/mol. The van der Waals surface area contributed by atoms with Gasteiger partial charge in [0.15, 0.2) is 0 Å². The minimum atomic E-state index is -4.45. The number of rotatable bonds is 3. The normalized spacial score (nSPS) is 22.8. The molecule has 2 N–H and O–H groups in total. The van der Waals surface area contributed by atoms with Gasteiger partial charge in [-0.3, -0.25) is 4.90 Å². The van der Waals surface area contributed by atoms with Crippen molar-refractivity contribution in [1.29, 1.82) is 0 Å². The molecule has 1 aliphatic heterocycles. The molecule has 17 heavy (non-hydrogen) atoms. The van der Waals surface area contributed by atoms with Gasteiger partial charge in [-0.1, -0.05) is 0 Å². The standard InChI is InChI=1S/C9H15F3N2O3/c10-9(11,12)7-6-14(8(16)17)4-3-13(7)2-1-5-15/h7,15H,1-6H2,(H,16,17)/t7-/m1/s1. The summed E-state index contributed by atoms with van der Waals surface area (Å²) in [4.78, 5) is 12.6. The minimum absolute atomic E-state index is 0.0382. The molecule has 1 atom stereocenters. The molecule has 8 heteroatoms. The monoisotopic (exact) mass is 256 g/mol. The molecular weight excluding hydrogens is 241 g/mol. The fraction of sp³-hybridized carbons (Fsp3) is 0.889. The quantitative estimate of drug-likeness (QED) is 0.776. The second-order valence-corrected chi connectivity index (χ2v) is 3.90. The third-order valence-corrected chi connectivity index (χ3v) is 2.74. The lowest BCUT2D eigenvalue weighted by atomic mass is 10.1. The van der Waals surface area contributed by atoms with E-state index in [1.165, 1.54) is 4.90 Å². The smallest absolute Gasteiger partial charge is 0.407 e. The number of hydrogen-bond acceptors (Lipinski definition) is 3. The Bertz CT molecular complexity index is 273. The van der Waals surface area contributed by atoms with Crippen LogP contribution in [0.1, 0.15) is 6.42 Å². The predicted octanol–water partition coefficient (Wildman–Crippen LogP) is 0.595. The maximum Gasteiger partial charge on any atom is 0.407 e. The zero-order chi connectivity index (χ0) is 13.1. The summed E-state index contributed by atoms with van der Waals surface area (Å²) >= 11 is 0. The predicted molar refractivity (Wildman–Crippen MR) is 52.7 cm³/mol. The highest BCUT2D eigenvalue weighted by molar-refractivity contribution is 5.65. The molecule has 1 rings (SSSR count). The Morgan fingerprint density at radius 3 is 2.47 bits per heavy atom. The van der Waals surface area contributed by atoms with Gasteiger partial charge in [0.25, 0.3) is 0 Å². The molecule has 0 spiro atoms. The summed E-state index contributed by atoms with van der Waals surface area (Å²) in [5, 5.41) is 17.3. The summed E-state index contributed by atoms with van der Waals surface area (Å²) in [6.45, 7) is -0.522.